The van der Waals surface area contributed by atoms with E-state index in [1.54, 1.807) is 13.8 Å². The van der Waals surface area contributed by atoms with Gasteiger partial charge >= 0.3 is 6.03 Å². The maximum absolute atomic E-state index is 12.0. The SMILES string of the molecule is CCCC1C(=O)NC(=O)N(CC(=O)NC(C)C)C1=O. The molecule has 1 aliphatic rings. The standard InChI is InChI=1S/C12H19N3O4/c1-4-5-8-10(17)14-12(19)15(11(8)18)6-9(16)13-7(2)3/h7-8H,4-6H2,1-3H3,(H,13,16)(H,14,17,19). The van der Waals surface area contributed by atoms with Gasteiger partial charge in [-0.15, -0.1) is 0 Å². The Hall–Kier alpha value is -1.92. The van der Waals surface area contributed by atoms with Gasteiger partial charge in [-0.05, 0) is 20.3 Å². The third-order valence-corrected chi connectivity index (χ3v) is 2.68. The van der Waals surface area contributed by atoms with Gasteiger partial charge in [0, 0.05) is 6.04 Å². The molecule has 0 spiro atoms. The predicted molar refractivity (Wildman–Crippen MR) is 66.9 cm³/mol. The fourth-order valence-electron chi connectivity index (χ4n) is 1.86. The lowest BCUT2D eigenvalue weighted by Gasteiger charge is -2.29. The third-order valence-electron chi connectivity index (χ3n) is 2.68. The van der Waals surface area contributed by atoms with E-state index in [-0.39, 0.29) is 12.6 Å². The zero-order valence-electron chi connectivity index (χ0n) is 11.4. The molecule has 5 amide bonds. The van der Waals surface area contributed by atoms with Crippen LogP contribution >= 0.6 is 0 Å². The van der Waals surface area contributed by atoms with Crippen LogP contribution in [0.5, 0.6) is 0 Å². The molecule has 1 heterocycles. The highest BCUT2D eigenvalue weighted by Gasteiger charge is 2.40. The number of rotatable bonds is 5. The Kier molecular flexibility index (Phi) is 5.02. The minimum Gasteiger partial charge on any atom is -0.352 e. The van der Waals surface area contributed by atoms with E-state index in [0.717, 1.165) is 4.90 Å². The lowest BCUT2D eigenvalue weighted by Crippen LogP contribution is -2.59. The van der Waals surface area contributed by atoms with Crippen molar-refractivity contribution in [3.63, 3.8) is 0 Å². The van der Waals surface area contributed by atoms with Crippen LogP contribution in [0.25, 0.3) is 0 Å². The average molecular weight is 269 g/mol. The molecular formula is C12H19N3O4. The number of hydrogen-bond donors (Lipinski definition) is 2. The summed E-state index contributed by atoms with van der Waals surface area (Å²) >= 11 is 0. The number of hydrogen-bond acceptors (Lipinski definition) is 4. The van der Waals surface area contributed by atoms with Gasteiger partial charge in [0.1, 0.15) is 12.5 Å². The van der Waals surface area contributed by atoms with Crippen LogP contribution in [0.2, 0.25) is 0 Å². The second-order valence-electron chi connectivity index (χ2n) is 4.78. The molecule has 19 heavy (non-hydrogen) atoms. The quantitative estimate of drug-likeness (QED) is 0.687. The van der Waals surface area contributed by atoms with Gasteiger partial charge in [0.15, 0.2) is 0 Å². The van der Waals surface area contributed by atoms with Gasteiger partial charge in [0.2, 0.25) is 17.7 Å². The molecule has 1 saturated heterocycles. The average Bonchev–Trinajstić information content (AvgIpc) is 2.29. The van der Waals surface area contributed by atoms with Crippen LogP contribution in [0, 0.1) is 5.92 Å². The van der Waals surface area contributed by atoms with Gasteiger partial charge in [-0.3, -0.25) is 24.6 Å². The lowest BCUT2D eigenvalue weighted by molar-refractivity contribution is -0.145. The Morgan fingerprint density at radius 2 is 2.00 bits per heavy atom. The Morgan fingerprint density at radius 1 is 1.37 bits per heavy atom. The number of barbiturate groups is 1. The van der Waals surface area contributed by atoms with E-state index < -0.39 is 29.7 Å². The highest BCUT2D eigenvalue weighted by Crippen LogP contribution is 2.15. The fourth-order valence-corrected chi connectivity index (χ4v) is 1.86. The van der Waals surface area contributed by atoms with Gasteiger partial charge < -0.3 is 5.32 Å². The van der Waals surface area contributed by atoms with Crippen LogP contribution in [0.15, 0.2) is 0 Å². The summed E-state index contributed by atoms with van der Waals surface area (Å²) in [5.74, 6) is -2.50. The Labute approximate surface area is 111 Å². The zero-order chi connectivity index (χ0) is 14.6. The van der Waals surface area contributed by atoms with Crippen LogP contribution in [0.1, 0.15) is 33.6 Å². The molecule has 1 fully saturated rings. The van der Waals surface area contributed by atoms with Crippen molar-refractivity contribution in [3.05, 3.63) is 0 Å². The normalized spacial score (nSPS) is 19.7. The predicted octanol–water partition coefficient (Wildman–Crippen LogP) is 0.00570. The molecule has 0 bridgehead atoms. The largest absolute Gasteiger partial charge is 0.352 e. The third kappa shape index (κ3) is 3.77. The number of imide groups is 2. The van der Waals surface area contributed by atoms with E-state index in [1.165, 1.54) is 0 Å². The molecule has 1 unspecified atom stereocenters. The molecular weight excluding hydrogens is 250 g/mol. The van der Waals surface area contributed by atoms with Crippen molar-refractivity contribution in [2.75, 3.05) is 6.54 Å². The molecule has 1 rings (SSSR count). The maximum Gasteiger partial charge on any atom is 0.331 e. The van der Waals surface area contributed by atoms with Crippen molar-refractivity contribution < 1.29 is 19.2 Å². The summed E-state index contributed by atoms with van der Waals surface area (Å²) in [5, 5.41) is 4.69. The first-order valence-electron chi connectivity index (χ1n) is 6.32. The molecule has 0 aromatic heterocycles. The van der Waals surface area contributed by atoms with E-state index in [1.807, 2.05) is 6.92 Å². The summed E-state index contributed by atoms with van der Waals surface area (Å²) in [6, 6.07) is -0.912. The van der Waals surface area contributed by atoms with Gasteiger partial charge in [-0.1, -0.05) is 13.3 Å². The first-order valence-corrected chi connectivity index (χ1v) is 6.32. The number of nitrogens with one attached hydrogen (secondary N) is 2. The minimum atomic E-state index is -0.880. The number of carbonyl (C=O) groups excluding carboxylic acids is 4. The summed E-state index contributed by atoms with van der Waals surface area (Å²) < 4.78 is 0. The van der Waals surface area contributed by atoms with Crippen molar-refractivity contribution in [1.29, 1.82) is 0 Å². The van der Waals surface area contributed by atoms with Gasteiger partial charge in [-0.2, -0.15) is 0 Å². The minimum absolute atomic E-state index is 0.0801. The first-order chi connectivity index (χ1) is 8.86. The molecule has 0 aromatic carbocycles. The summed E-state index contributed by atoms with van der Waals surface area (Å²) in [5.41, 5.74) is 0. The summed E-state index contributed by atoms with van der Waals surface area (Å²) in [6.07, 6.45) is 1.00. The molecule has 106 valence electrons. The van der Waals surface area contributed by atoms with Gasteiger partial charge in [0.05, 0.1) is 0 Å². The van der Waals surface area contributed by atoms with Crippen LogP contribution in [0.3, 0.4) is 0 Å². The Morgan fingerprint density at radius 3 is 2.53 bits per heavy atom. The smallest absolute Gasteiger partial charge is 0.331 e. The van der Waals surface area contributed by atoms with E-state index in [4.69, 9.17) is 0 Å². The highest BCUT2D eigenvalue weighted by molar-refractivity contribution is 6.17. The number of urea groups is 1. The van der Waals surface area contributed by atoms with Crippen molar-refractivity contribution in [1.82, 2.24) is 15.5 Å². The number of carbonyl (C=O) groups is 4. The summed E-state index contributed by atoms with van der Waals surface area (Å²) in [7, 11) is 0. The van der Waals surface area contributed by atoms with Crippen LogP contribution in [-0.4, -0.2) is 41.2 Å². The maximum atomic E-state index is 12.0. The van der Waals surface area contributed by atoms with Crippen LogP contribution < -0.4 is 10.6 Å². The number of amides is 5. The van der Waals surface area contributed by atoms with Crippen molar-refractivity contribution >= 4 is 23.8 Å². The second-order valence-corrected chi connectivity index (χ2v) is 4.78. The molecule has 1 atom stereocenters. The molecule has 7 nitrogen and oxygen atoms in total. The molecule has 1 aliphatic heterocycles. The fraction of sp³-hybridized carbons (Fsp3) is 0.667. The van der Waals surface area contributed by atoms with E-state index in [9.17, 15) is 19.2 Å². The van der Waals surface area contributed by atoms with Gasteiger partial charge in [-0.25, -0.2) is 4.79 Å². The summed E-state index contributed by atoms with van der Waals surface area (Å²) in [4.78, 5) is 47.5. The topological polar surface area (TPSA) is 95.6 Å². The highest BCUT2D eigenvalue weighted by atomic mass is 16.2. The van der Waals surface area contributed by atoms with Crippen molar-refractivity contribution in [2.45, 2.75) is 39.7 Å². The molecule has 0 aromatic rings. The Bertz CT molecular complexity index is 406. The Balaban J connectivity index is 2.75. The molecule has 0 saturated carbocycles. The van der Waals surface area contributed by atoms with Crippen molar-refractivity contribution in [3.8, 4) is 0 Å². The van der Waals surface area contributed by atoms with Crippen LogP contribution in [0.4, 0.5) is 4.79 Å². The number of nitrogens with zero attached hydrogens (tertiary/aromatic N) is 1. The first kappa shape index (κ1) is 15.1. The zero-order valence-corrected chi connectivity index (χ0v) is 11.4. The molecule has 0 radical (unpaired) electrons. The molecule has 0 aliphatic carbocycles. The van der Waals surface area contributed by atoms with E-state index >= 15 is 0 Å². The van der Waals surface area contributed by atoms with E-state index in [2.05, 4.69) is 10.6 Å². The molecule has 2 N–H and O–H groups in total. The lowest BCUT2D eigenvalue weighted by atomic mass is 9.99. The summed E-state index contributed by atoms with van der Waals surface area (Å²) in [6.45, 7) is 5.03. The monoisotopic (exact) mass is 269 g/mol. The second kappa shape index (κ2) is 6.31. The van der Waals surface area contributed by atoms with Crippen molar-refractivity contribution in [2.24, 2.45) is 5.92 Å². The van der Waals surface area contributed by atoms with Gasteiger partial charge in [0.25, 0.3) is 0 Å². The molecule has 7 heteroatoms. The van der Waals surface area contributed by atoms with E-state index in [0.29, 0.717) is 12.8 Å². The van der Waals surface area contributed by atoms with Crippen LogP contribution in [-0.2, 0) is 14.4 Å².